The van der Waals surface area contributed by atoms with Crippen molar-refractivity contribution in [3.05, 3.63) is 0 Å². The molecule has 0 aromatic carbocycles. The summed E-state index contributed by atoms with van der Waals surface area (Å²) in [6.07, 6.45) is 0. The largest absolute Gasteiger partial charge is 0.348 e. The van der Waals surface area contributed by atoms with Gasteiger partial charge in [0.25, 0.3) is 0 Å². The van der Waals surface area contributed by atoms with Crippen LogP contribution in [0.4, 0.5) is 0 Å². The summed E-state index contributed by atoms with van der Waals surface area (Å²) in [7, 11) is 6.06. The molecule has 0 rings (SSSR count). The van der Waals surface area contributed by atoms with E-state index in [1.807, 2.05) is 7.05 Å². The molecule has 0 bridgehead atoms. The molecule has 0 unspecified atom stereocenters. The highest BCUT2D eigenvalue weighted by atomic mass is 28.2. The lowest BCUT2D eigenvalue weighted by molar-refractivity contribution is 1.27. The molecule has 4 heteroatoms. The first-order chi connectivity index (χ1) is 3.41. The second-order valence-corrected chi connectivity index (χ2v) is 1.50. The monoisotopic (exact) mass is 123 g/mol. The highest BCUT2D eigenvalue weighted by Crippen LogP contribution is 0.933. The average Bonchev–Trinajstić information content (AvgIpc) is 1.78. The molecular formula is C3H17N3Si. The molecule has 0 radical (unpaired) electrons. The zero-order valence-corrected chi connectivity index (χ0v) is 7.65. The molecule has 0 aliphatic carbocycles. The van der Waals surface area contributed by atoms with Gasteiger partial charge in [-0.2, -0.15) is 0 Å². The van der Waals surface area contributed by atoms with Crippen molar-refractivity contribution in [1.82, 2.24) is 4.98 Å². The molecular weight excluding hydrogens is 106 g/mol. The highest BCUT2D eigenvalue weighted by molar-refractivity contribution is 6.04. The summed E-state index contributed by atoms with van der Waals surface area (Å²) >= 11 is 0. The molecule has 3 nitrogen and oxygen atoms in total. The van der Waals surface area contributed by atoms with E-state index in [1.54, 1.807) is 0 Å². The molecule has 0 aliphatic heterocycles. The molecule has 0 aromatic heterocycles. The Labute approximate surface area is 49.0 Å². The maximum Gasteiger partial charge on any atom is 0.0745 e. The van der Waals surface area contributed by atoms with E-state index in [9.17, 15) is 0 Å². The maximum absolute atomic E-state index is 4.50. The van der Waals surface area contributed by atoms with E-state index in [2.05, 4.69) is 16.4 Å². The molecule has 48 valence electrons. The molecule has 0 aliphatic rings. The fraction of sp³-hybridized carbons (Fsp3) is 1.00. The molecule has 0 heterocycles. The Hall–Kier alpha value is 0.0969. The minimum atomic E-state index is 1.12. The Balaban J connectivity index is -0.0000000360. The number of nitrogens with one attached hydrogen (secondary N) is 1. The van der Waals surface area contributed by atoms with Crippen LogP contribution in [0, 0.1) is 0 Å². The quantitative estimate of drug-likeness (QED) is 0.316. The number of rotatable bonds is 0. The molecule has 0 amide bonds. The van der Waals surface area contributed by atoms with E-state index in [0.717, 1.165) is 10.4 Å². The second-order valence-electron chi connectivity index (χ2n) is 0.500. The van der Waals surface area contributed by atoms with Crippen LogP contribution in [-0.4, -0.2) is 31.5 Å². The van der Waals surface area contributed by atoms with Crippen molar-refractivity contribution in [2.24, 2.45) is 11.5 Å². The average molecular weight is 123 g/mol. The molecule has 0 saturated carbocycles. The Kier molecular flexibility index (Phi) is 296. The lowest BCUT2D eigenvalue weighted by Crippen LogP contribution is -1.93. The van der Waals surface area contributed by atoms with Crippen molar-refractivity contribution in [2.45, 2.75) is 0 Å². The van der Waals surface area contributed by atoms with Crippen LogP contribution in [0.1, 0.15) is 0 Å². The number of nitrogens with two attached hydrogens (primary N) is 2. The van der Waals surface area contributed by atoms with E-state index in [0.29, 0.717) is 0 Å². The zero-order chi connectivity index (χ0) is 6.71. The number of hydrogen-bond donors (Lipinski definition) is 3. The van der Waals surface area contributed by atoms with Crippen molar-refractivity contribution in [3.8, 4) is 0 Å². The van der Waals surface area contributed by atoms with Crippen molar-refractivity contribution in [2.75, 3.05) is 21.1 Å². The van der Waals surface area contributed by atoms with Gasteiger partial charge in [-0.1, -0.05) is 0 Å². The van der Waals surface area contributed by atoms with Gasteiger partial charge in [0.15, 0.2) is 0 Å². The lowest BCUT2D eigenvalue weighted by atomic mass is 11.6. The summed E-state index contributed by atoms with van der Waals surface area (Å²) in [4.78, 5) is 2.89. The maximum atomic E-state index is 4.50. The summed E-state index contributed by atoms with van der Waals surface area (Å²) in [5.74, 6) is 0. The SMILES string of the molecule is CN.CN.CN[SiH3]. The van der Waals surface area contributed by atoms with Crippen molar-refractivity contribution in [3.63, 3.8) is 0 Å². The fourth-order valence-corrected chi connectivity index (χ4v) is 0. The molecule has 0 fully saturated rings. The van der Waals surface area contributed by atoms with Crippen LogP contribution >= 0.6 is 0 Å². The predicted molar refractivity (Wildman–Crippen MR) is 39.2 cm³/mol. The third-order valence-corrected chi connectivity index (χ3v) is 0. The van der Waals surface area contributed by atoms with Gasteiger partial charge in [-0.05, 0) is 21.1 Å². The molecule has 5 N–H and O–H groups in total. The molecule has 0 spiro atoms. The Morgan fingerprint density at radius 3 is 1.14 bits per heavy atom. The van der Waals surface area contributed by atoms with E-state index in [4.69, 9.17) is 0 Å². The number of hydrogen-bond acceptors (Lipinski definition) is 3. The normalized spacial score (nSPS) is 4.71. The van der Waals surface area contributed by atoms with Gasteiger partial charge in [0, 0.05) is 0 Å². The first kappa shape index (κ1) is 15.7. The summed E-state index contributed by atoms with van der Waals surface area (Å²) < 4.78 is 0. The van der Waals surface area contributed by atoms with Gasteiger partial charge < -0.3 is 16.4 Å². The third kappa shape index (κ3) is 10900. The lowest BCUT2D eigenvalue weighted by Gasteiger charge is -1.59. The minimum Gasteiger partial charge on any atom is -0.348 e. The smallest absolute Gasteiger partial charge is 0.0745 e. The summed E-state index contributed by atoms with van der Waals surface area (Å²) in [6, 6.07) is 0. The molecule has 0 saturated heterocycles. The van der Waals surface area contributed by atoms with Crippen LogP contribution in [0.25, 0.3) is 0 Å². The Morgan fingerprint density at radius 2 is 1.14 bits per heavy atom. The Bertz CT molecular complexity index is 10.1. The standard InChI is InChI=1S/CH7NSi.2CH5N/c1-2-3;2*1-2/h2H,1,3H3;2*2H2,1H3. The van der Waals surface area contributed by atoms with Crippen LogP contribution in [0.2, 0.25) is 0 Å². The molecule has 0 aromatic rings. The summed E-state index contributed by atoms with van der Waals surface area (Å²) in [5.41, 5.74) is 9.00. The third-order valence-electron chi connectivity index (χ3n) is 0. The first-order valence-electron chi connectivity index (χ1n) is 2.15. The Morgan fingerprint density at radius 1 is 1.14 bits per heavy atom. The molecule has 7 heavy (non-hydrogen) atoms. The van der Waals surface area contributed by atoms with Gasteiger partial charge in [-0.25, -0.2) is 0 Å². The van der Waals surface area contributed by atoms with Gasteiger partial charge in [-0.15, -0.1) is 0 Å². The van der Waals surface area contributed by atoms with E-state index in [1.165, 1.54) is 14.1 Å². The van der Waals surface area contributed by atoms with Crippen LogP contribution in [-0.2, 0) is 0 Å². The highest BCUT2D eigenvalue weighted by Gasteiger charge is 1.27. The fourth-order valence-electron chi connectivity index (χ4n) is 0. The van der Waals surface area contributed by atoms with Crippen molar-refractivity contribution < 1.29 is 0 Å². The first-order valence-corrected chi connectivity index (χ1v) is 3.15. The topological polar surface area (TPSA) is 64.1 Å². The molecule has 0 atom stereocenters. The minimum absolute atomic E-state index is 1.12. The van der Waals surface area contributed by atoms with Crippen molar-refractivity contribution in [1.29, 1.82) is 0 Å². The van der Waals surface area contributed by atoms with E-state index in [-0.39, 0.29) is 0 Å². The second kappa shape index (κ2) is 132. The van der Waals surface area contributed by atoms with Crippen LogP contribution in [0.5, 0.6) is 0 Å². The van der Waals surface area contributed by atoms with Crippen LogP contribution in [0.15, 0.2) is 0 Å². The zero-order valence-electron chi connectivity index (χ0n) is 5.65. The van der Waals surface area contributed by atoms with Crippen LogP contribution in [0.3, 0.4) is 0 Å². The van der Waals surface area contributed by atoms with Gasteiger partial charge in [0.1, 0.15) is 0 Å². The van der Waals surface area contributed by atoms with Crippen LogP contribution < -0.4 is 16.4 Å². The van der Waals surface area contributed by atoms with E-state index >= 15 is 0 Å². The summed E-state index contributed by atoms with van der Waals surface area (Å²) in [6.45, 7) is 0. The van der Waals surface area contributed by atoms with Gasteiger partial charge >= 0.3 is 0 Å². The van der Waals surface area contributed by atoms with E-state index < -0.39 is 0 Å². The predicted octanol–water partition coefficient (Wildman–Crippen LogP) is -2.36. The van der Waals surface area contributed by atoms with Gasteiger partial charge in [0.05, 0.1) is 10.4 Å². The van der Waals surface area contributed by atoms with Gasteiger partial charge in [0.2, 0.25) is 0 Å². The van der Waals surface area contributed by atoms with Crippen molar-refractivity contribution >= 4 is 10.4 Å². The van der Waals surface area contributed by atoms with Gasteiger partial charge in [-0.3, -0.25) is 0 Å². The summed E-state index contributed by atoms with van der Waals surface area (Å²) in [5, 5.41) is 0.